The molecular formula is C45H48N8O6. The van der Waals surface area contributed by atoms with Crippen LogP contribution < -0.4 is 5.32 Å². The molecule has 0 aliphatic carbocycles. The number of alkyl carbamates (subject to hydrolysis) is 1. The number of carbonyl (C=O) groups is 3. The molecule has 59 heavy (non-hydrogen) atoms. The fraction of sp³-hybridized carbons (Fsp3) is 0.333. The second kappa shape index (κ2) is 17.9. The second-order valence-corrected chi connectivity index (χ2v) is 15.0. The number of carbonyl (C=O) groups excluding carboxylic acids is 3. The van der Waals surface area contributed by atoms with Crippen LogP contribution in [0.15, 0.2) is 102 Å². The van der Waals surface area contributed by atoms with Gasteiger partial charge < -0.3 is 34.7 Å². The second-order valence-electron chi connectivity index (χ2n) is 15.0. The first-order chi connectivity index (χ1) is 28.9. The first-order valence-corrected chi connectivity index (χ1v) is 20.1. The van der Waals surface area contributed by atoms with Crippen molar-refractivity contribution in [3.05, 3.63) is 131 Å². The van der Waals surface area contributed by atoms with E-state index in [1.807, 2.05) is 82.6 Å². The van der Waals surface area contributed by atoms with Gasteiger partial charge in [-0.1, -0.05) is 72.8 Å². The van der Waals surface area contributed by atoms with Crippen LogP contribution in [0.1, 0.15) is 90.2 Å². The summed E-state index contributed by atoms with van der Waals surface area (Å²) in [6.07, 6.45) is 6.49. The summed E-state index contributed by atoms with van der Waals surface area (Å²) in [5.41, 5.74) is 7.46. The maximum Gasteiger partial charge on any atom is 0.407 e. The van der Waals surface area contributed by atoms with E-state index >= 15 is 0 Å². The fourth-order valence-corrected chi connectivity index (χ4v) is 8.40. The highest BCUT2D eigenvalue weighted by atomic mass is 17.2. The number of aromatic amines is 2. The van der Waals surface area contributed by atoms with Gasteiger partial charge >= 0.3 is 6.09 Å². The lowest BCUT2D eigenvalue weighted by atomic mass is 10.0. The number of aryl methyl sites for hydroxylation is 2. The van der Waals surface area contributed by atoms with Crippen molar-refractivity contribution in [3.8, 4) is 0 Å². The molecule has 304 valence electrons. The van der Waals surface area contributed by atoms with Crippen LogP contribution in [0.5, 0.6) is 0 Å². The number of ether oxygens (including phenoxy) is 1. The van der Waals surface area contributed by atoms with Crippen LogP contribution in [0.4, 0.5) is 4.79 Å². The Morgan fingerprint density at radius 3 is 1.85 bits per heavy atom. The van der Waals surface area contributed by atoms with Gasteiger partial charge in [-0.3, -0.25) is 9.59 Å². The Kier molecular flexibility index (Phi) is 11.9. The molecule has 3 N–H and O–H groups in total. The highest BCUT2D eigenvalue weighted by molar-refractivity contribution is 5.88. The van der Waals surface area contributed by atoms with Gasteiger partial charge in [0.15, 0.2) is 6.04 Å². The van der Waals surface area contributed by atoms with E-state index in [0.29, 0.717) is 18.7 Å². The van der Waals surface area contributed by atoms with Crippen LogP contribution in [-0.2, 0) is 36.9 Å². The van der Waals surface area contributed by atoms with Crippen molar-refractivity contribution in [2.45, 2.75) is 69.1 Å². The predicted molar refractivity (Wildman–Crippen MR) is 222 cm³/mol. The molecule has 0 radical (unpaired) electrons. The number of H-pyrrole nitrogens is 2. The molecule has 2 aliphatic rings. The lowest BCUT2D eigenvalue weighted by Crippen LogP contribution is -2.42. The quantitative estimate of drug-likeness (QED) is 0.0444. The number of nitrogens with one attached hydrogen (secondary N) is 3. The monoisotopic (exact) mass is 796 g/mol. The smallest absolute Gasteiger partial charge is 0.407 e. The van der Waals surface area contributed by atoms with E-state index in [2.05, 4.69) is 49.4 Å². The highest BCUT2D eigenvalue weighted by Crippen LogP contribution is 2.36. The third-order valence-corrected chi connectivity index (χ3v) is 11.3. The Hall–Kier alpha value is -6.54. The zero-order chi connectivity index (χ0) is 40.7. The van der Waals surface area contributed by atoms with Crippen molar-refractivity contribution in [2.75, 3.05) is 27.3 Å². The predicted octanol–water partition coefficient (Wildman–Crippen LogP) is 7.39. The van der Waals surface area contributed by atoms with Gasteiger partial charge in [0.05, 0.1) is 48.4 Å². The molecule has 2 aromatic heterocycles. The minimum Gasteiger partial charge on any atom is -0.453 e. The maximum absolute atomic E-state index is 13.9. The molecule has 4 atom stereocenters. The maximum atomic E-state index is 13.9. The van der Waals surface area contributed by atoms with E-state index in [4.69, 9.17) is 19.6 Å². The van der Waals surface area contributed by atoms with Crippen LogP contribution in [0.2, 0.25) is 0 Å². The molecule has 0 bridgehead atoms. The van der Waals surface area contributed by atoms with E-state index in [1.165, 1.54) is 31.7 Å². The van der Waals surface area contributed by atoms with E-state index in [9.17, 15) is 14.4 Å². The van der Waals surface area contributed by atoms with Gasteiger partial charge in [-0.15, -0.1) is 0 Å². The minimum absolute atomic E-state index is 0.113. The summed E-state index contributed by atoms with van der Waals surface area (Å²) >= 11 is 0. The molecule has 2 fully saturated rings. The Morgan fingerprint density at radius 1 is 0.763 bits per heavy atom. The van der Waals surface area contributed by atoms with Crippen molar-refractivity contribution in [1.82, 2.24) is 35.1 Å². The number of aliphatic imine (C=N–C) groups is 1. The van der Waals surface area contributed by atoms with Gasteiger partial charge in [-0.2, -0.15) is 4.89 Å². The Balaban J connectivity index is 0.913. The molecule has 6 aromatic rings. The van der Waals surface area contributed by atoms with Crippen molar-refractivity contribution in [2.24, 2.45) is 4.99 Å². The average molecular weight is 797 g/mol. The molecule has 2 aliphatic heterocycles. The van der Waals surface area contributed by atoms with Gasteiger partial charge in [0, 0.05) is 13.1 Å². The number of amides is 3. The Labute approximate surface area is 341 Å². The lowest BCUT2D eigenvalue weighted by Gasteiger charge is -2.28. The molecular weight excluding hydrogens is 749 g/mol. The molecule has 8 rings (SSSR count). The van der Waals surface area contributed by atoms with Crippen LogP contribution in [0.3, 0.4) is 0 Å². The molecule has 3 amide bonds. The summed E-state index contributed by atoms with van der Waals surface area (Å²) in [6.45, 7) is 1.18. The van der Waals surface area contributed by atoms with E-state index in [-0.39, 0.29) is 23.9 Å². The number of likely N-dealkylation sites (tertiary alicyclic amines) is 2. The van der Waals surface area contributed by atoms with E-state index in [0.717, 1.165) is 84.2 Å². The summed E-state index contributed by atoms with van der Waals surface area (Å²) in [4.78, 5) is 74.6. The molecule has 1 unspecified atom stereocenters. The largest absolute Gasteiger partial charge is 0.453 e. The molecule has 4 heterocycles. The van der Waals surface area contributed by atoms with Crippen molar-refractivity contribution in [3.63, 3.8) is 0 Å². The third-order valence-electron chi connectivity index (χ3n) is 11.3. The Bertz CT molecular complexity index is 2430. The SMILES string of the molecule is COOC=NC(C(=O)N1CCC[C@H]1c1nc2ccc(CCCc3ccc4nc([C@@H]5CCCN5C(=O)[C@H](NC(=O)OC)c5ccccc5)[nH]c4c3)cc2[nH]1)c1ccccc1. The summed E-state index contributed by atoms with van der Waals surface area (Å²) in [7, 11) is 2.68. The molecule has 0 spiro atoms. The first-order valence-electron chi connectivity index (χ1n) is 20.1. The van der Waals surface area contributed by atoms with Gasteiger partial charge in [0.25, 0.3) is 11.8 Å². The number of imidazole rings is 2. The van der Waals surface area contributed by atoms with Gasteiger partial charge in [0.2, 0.25) is 6.40 Å². The standard InChI is InChI=1S/C45H48N8O6/c1-57-45(56)51-40(32-16-7-4-8-17-32)44(55)53-25-11-19-38(53)42-48-34-23-21-30(27-36(34)50-42)13-9-12-29-20-22-33-35(26-29)49-41(47-33)37-18-10-24-52(37)43(54)39(46-28-59-58-2)31-14-5-3-6-15-31/h3-8,14-17,20-23,26-28,37-40H,9-13,18-19,24-25H2,1-2H3,(H,47,49)(H,48,50)(H,51,56)/t37-,38-,39?,40+/m0/s1. The van der Waals surface area contributed by atoms with Crippen LogP contribution in [0, 0.1) is 0 Å². The van der Waals surface area contributed by atoms with E-state index < -0.39 is 18.2 Å². The van der Waals surface area contributed by atoms with Gasteiger partial charge in [0.1, 0.15) is 17.7 Å². The van der Waals surface area contributed by atoms with Crippen molar-refractivity contribution < 1.29 is 28.9 Å². The van der Waals surface area contributed by atoms with Gasteiger partial charge in [-0.25, -0.2) is 19.8 Å². The molecule has 14 heteroatoms. The molecule has 2 saturated heterocycles. The summed E-state index contributed by atoms with van der Waals surface area (Å²) < 4.78 is 4.84. The summed E-state index contributed by atoms with van der Waals surface area (Å²) in [5, 5.41) is 2.73. The van der Waals surface area contributed by atoms with Crippen LogP contribution in [-0.4, -0.2) is 81.4 Å². The lowest BCUT2D eigenvalue weighted by molar-refractivity contribution is -0.188. The zero-order valence-corrected chi connectivity index (χ0v) is 33.2. The van der Waals surface area contributed by atoms with Crippen molar-refractivity contribution in [1.29, 1.82) is 0 Å². The number of benzene rings is 4. The number of rotatable bonds is 14. The molecule has 0 saturated carbocycles. The molecule has 14 nitrogen and oxygen atoms in total. The molecule has 4 aromatic carbocycles. The highest BCUT2D eigenvalue weighted by Gasteiger charge is 2.38. The van der Waals surface area contributed by atoms with E-state index in [1.54, 1.807) is 0 Å². The number of fused-ring (bicyclic) bond motifs is 2. The topological polar surface area (TPSA) is 167 Å². The number of nitrogens with zero attached hydrogens (tertiary/aromatic N) is 5. The fourth-order valence-electron chi connectivity index (χ4n) is 8.40. The summed E-state index contributed by atoms with van der Waals surface area (Å²) in [5.74, 6) is 1.21. The van der Waals surface area contributed by atoms with Crippen LogP contribution >= 0.6 is 0 Å². The zero-order valence-electron chi connectivity index (χ0n) is 33.2. The number of aromatic nitrogens is 4. The number of hydrogen-bond acceptors (Lipinski definition) is 9. The third kappa shape index (κ3) is 8.68. The Morgan fingerprint density at radius 2 is 1.31 bits per heavy atom. The normalized spacial score (nSPS) is 17.8. The van der Waals surface area contributed by atoms with Crippen LogP contribution in [0.25, 0.3) is 22.1 Å². The number of methoxy groups -OCH3 is 1. The number of hydrogen-bond donors (Lipinski definition) is 3. The van der Waals surface area contributed by atoms with Crippen molar-refractivity contribution >= 4 is 46.4 Å². The average Bonchev–Trinajstić information content (AvgIpc) is 4.10. The van der Waals surface area contributed by atoms with Gasteiger partial charge in [-0.05, 0) is 91.5 Å². The summed E-state index contributed by atoms with van der Waals surface area (Å²) in [6, 6.07) is 29.3. The minimum atomic E-state index is -0.869. The first kappa shape index (κ1) is 39.3.